The van der Waals surface area contributed by atoms with E-state index < -0.39 is 59.6 Å². The number of ether oxygens (including phenoxy) is 4. The molecule has 2 unspecified atom stereocenters. The number of carboxylic acid groups (broad SMARTS) is 1. The van der Waals surface area contributed by atoms with E-state index in [2.05, 4.69) is 5.32 Å². The van der Waals surface area contributed by atoms with Crippen molar-refractivity contribution < 1.29 is 48.0 Å². The molecule has 0 aromatic rings. The van der Waals surface area contributed by atoms with Crippen molar-refractivity contribution >= 4 is 41.5 Å². The molecule has 11 nitrogen and oxygen atoms in total. The van der Waals surface area contributed by atoms with Crippen LogP contribution in [0.3, 0.4) is 0 Å². The maximum Gasteiger partial charge on any atom is 0.304 e. The van der Waals surface area contributed by atoms with Crippen LogP contribution in [0.4, 0.5) is 0 Å². The minimum atomic E-state index is -1.16. The molecule has 1 heterocycles. The van der Waals surface area contributed by atoms with Gasteiger partial charge >= 0.3 is 23.9 Å². The molecule has 1 saturated heterocycles. The molecule has 0 saturated carbocycles. The van der Waals surface area contributed by atoms with Gasteiger partial charge < -0.3 is 29.4 Å². The van der Waals surface area contributed by atoms with Gasteiger partial charge in [0.25, 0.3) is 0 Å². The van der Waals surface area contributed by atoms with Crippen LogP contribution in [0.2, 0.25) is 0 Å². The summed E-state index contributed by atoms with van der Waals surface area (Å²) in [5.74, 6) is -3.32. The van der Waals surface area contributed by atoms with Crippen molar-refractivity contribution in [3.63, 3.8) is 0 Å². The molecule has 0 aliphatic carbocycles. The Balaban J connectivity index is 3.22. The number of hydrogen-bond donors (Lipinski definition) is 2. The first-order valence-electron chi connectivity index (χ1n) is 8.75. The lowest BCUT2D eigenvalue weighted by molar-refractivity contribution is -0.211. The zero-order chi connectivity index (χ0) is 22.1. The van der Waals surface area contributed by atoms with Gasteiger partial charge in [-0.2, -0.15) is 0 Å². The Kier molecular flexibility index (Phi) is 9.89. The van der Waals surface area contributed by atoms with Crippen LogP contribution in [0.25, 0.3) is 0 Å². The highest BCUT2D eigenvalue weighted by atomic mass is 32.2. The molecule has 1 aliphatic heterocycles. The summed E-state index contributed by atoms with van der Waals surface area (Å²) in [5.41, 5.74) is -0.852. The second-order valence-corrected chi connectivity index (χ2v) is 7.44. The molecule has 0 bridgehead atoms. The van der Waals surface area contributed by atoms with Gasteiger partial charge in [-0.1, -0.05) is 0 Å². The third kappa shape index (κ3) is 8.69. The molecule has 1 amide bonds. The molecular weight excluding hydrogens is 410 g/mol. The van der Waals surface area contributed by atoms with Crippen molar-refractivity contribution in [3.05, 3.63) is 0 Å². The fraction of sp³-hybridized carbons (Fsp3) is 0.706. The lowest BCUT2D eigenvalue weighted by Gasteiger charge is -2.45. The van der Waals surface area contributed by atoms with Crippen LogP contribution in [-0.2, 0) is 42.9 Å². The summed E-state index contributed by atoms with van der Waals surface area (Å²) in [6.07, 6.45) is -3.47. The quantitative estimate of drug-likeness (QED) is 0.367. The van der Waals surface area contributed by atoms with E-state index in [0.29, 0.717) is 0 Å². The molecule has 2 N–H and O–H groups in total. The van der Waals surface area contributed by atoms with Crippen LogP contribution in [0, 0.1) is 0 Å². The van der Waals surface area contributed by atoms with Crippen LogP contribution >= 0.6 is 11.8 Å². The minimum Gasteiger partial charge on any atom is -0.481 e. The van der Waals surface area contributed by atoms with Gasteiger partial charge in [0.05, 0.1) is 6.42 Å². The zero-order valence-corrected chi connectivity index (χ0v) is 17.4. The summed E-state index contributed by atoms with van der Waals surface area (Å²) < 4.78 is 21.4. The normalized spacial score (nSPS) is 26.1. The zero-order valence-electron chi connectivity index (χ0n) is 16.5. The Morgan fingerprint density at radius 2 is 1.55 bits per heavy atom. The van der Waals surface area contributed by atoms with Crippen LogP contribution < -0.4 is 5.32 Å². The second-order valence-electron chi connectivity index (χ2n) is 6.23. The number of carboxylic acids is 1. The molecule has 0 radical (unpaired) electrons. The molecule has 0 aromatic carbocycles. The molecule has 164 valence electrons. The number of carbonyl (C=O) groups is 5. The van der Waals surface area contributed by atoms with Gasteiger partial charge in [-0.05, 0) is 0 Å². The molecule has 1 aliphatic rings. The van der Waals surface area contributed by atoms with Crippen molar-refractivity contribution in [3.8, 4) is 0 Å². The maximum atomic E-state index is 11.7. The Bertz CT molecular complexity index is 640. The van der Waals surface area contributed by atoms with Gasteiger partial charge in [-0.15, -0.1) is 11.8 Å². The number of carbonyl (C=O) groups excluding carboxylic acids is 4. The summed E-state index contributed by atoms with van der Waals surface area (Å²) in [6, 6.07) is -0.937. The lowest BCUT2D eigenvalue weighted by atomic mass is 9.97. The largest absolute Gasteiger partial charge is 0.481 e. The van der Waals surface area contributed by atoms with E-state index >= 15 is 0 Å². The average molecular weight is 435 g/mol. The first-order chi connectivity index (χ1) is 13.5. The molecule has 0 aromatic heterocycles. The van der Waals surface area contributed by atoms with Crippen molar-refractivity contribution in [2.45, 2.75) is 63.9 Å². The highest BCUT2D eigenvalue weighted by Crippen LogP contribution is 2.32. The van der Waals surface area contributed by atoms with Gasteiger partial charge in [-0.25, -0.2) is 0 Å². The number of amides is 1. The molecule has 0 spiro atoms. The van der Waals surface area contributed by atoms with E-state index in [9.17, 15) is 24.0 Å². The fourth-order valence-corrected chi connectivity index (χ4v) is 3.87. The highest BCUT2D eigenvalue weighted by Gasteiger charge is 2.50. The first-order valence-corrected chi connectivity index (χ1v) is 9.80. The van der Waals surface area contributed by atoms with Crippen LogP contribution in [-0.4, -0.2) is 77.0 Å². The molecule has 1 rings (SSSR count). The Morgan fingerprint density at radius 1 is 0.966 bits per heavy atom. The van der Waals surface area contributed by atoms with Crippen molar-refractivity contribution in [2.24, 2.45) is 0 Å². The lowest BCUT2D eigenvalue weighted by Crippen LogP contribution is -2.65. The number of nitrogens with one attached hydrogen (secondary N) is 1. The predicted octanol–water partition coefficient (Wildman–Crippen LogP) is -0.150. The predicted molar refractivity (Wildman–Crippen MR) is 98.7 cm³/mol. The summed E-state index contributed by atoms with van der Waals surface area (Å²) in [4.78, 5) is 57.0. The van der Waals surface area contributed by atoms with Gasteiger partial charge in [0.15, 0.2) is 12.2 Å². The molecule has 12 heteroatoms. The minimum absolute atomic E-state index is 0.140. The summed E-state index contributed by atoms with van der Waals surface area (Å²) in [5, 5.41) is 11.5. The Labute approximate surface area is 171 Å². The first kappa shape index (κ1) is 24.7. The monoisotopic (exact) mass is 435 g/mol. The molecule has 29 heavy (non-hydrogen) atoms. The second kappa shape index (κ2) is 11.6. The highest BCUT2D eigenvalue weighted by molar-refractivity contribution is 7.99. The van der Waals surface area contributed by atoms with Crippen LogP contribution in [0.1, 0.15) is 34.1 Å². The Morgan fingerprint density at radius 3 is 2.03 bits per heavy atom. The fourth-order valence-electron chi connectivity index (χ4n) is 2.70. The molecule has 5 atom stereocenters. The van der Waals surface area contributed by atoms with Crippen LogP contribution in [0.5, 0.6) is 0 Å². The smallest absolute Gasteiger partial charge is 0.304 e. The third-order valence-corrected chi connectivity index (χ3v) is 4.84. The van der Waals surface area contributed by atoms with Gasteiger partial charge in [-0.3, -0.25) is 24.0 Å². The van der Waals surface area contributed by atoms with Crippen LogP contribution in [0.15, 0.2) is 0 Å². The van der Waals surface area contributed by atoms with Crippen molar-refractivity contribution in [1.82, 2.24) is 5.32 Å². The number of rotatable bonds is 9. The van der Waals surface area contributed by atoms with Gasteiger partial charge in [0.1, 0.15) is 24.2 Å². The van der Waals surface area contributed by atoms with E-state index in [-0.39, 0.29) is 18.8 Å². The Hall–Kier alpha value is -2.34. The average Bonchev–Trinajstić information content (AvgIpc) is 2.56. The van der Waals surface area contributed by atoms with E-state index in [4.69, 9.17) is 24.1 Å². The summed E-state index contributed by atoms with van der Waals surface area (Å²) >= 11 is 1.08. The van der Waals surface area contributed by atoms with E-state index in [1.54, 1.807) is 0 Å². The maximum absolute atomic E-state index is 11.7. The molecular formula is C17H25NO10S. The molecule has 1 fully saturated rings. The third-order valence-electron chi connectivity index (χ3n) is 3.67. The number of esters is 3. The van der Waals surface area contributed by atoms with Crippen molar-refractivity contribution in [1.29, 1.82) is 0 Å². The topological polar surface area (TPSA) is 155 Å². The van der Waals surface area contributed by atoms with Gasteiger partial charge in [0, 0.05) is 33.4 Å². The number of thioether (sulfide) groups is 1. The number of aliphatic carboxylic acids is 1. The van der Waals surface area contributed by atoms with Gasteiger partial charge in [0.2, 0.25) is 5.91 Å². The standard InChI is InChI=1S/C17H25NO10S/c1-8(19)18-14-16(27-11(4)22)15(26-10(3)21)12(7-25-9(2)20)28-17(14)29-6-5-13(23)24/h12,14-17H,5-7H2,1-4H3,(H,18,19)(H,23,24)/t12?,14?,15-,16-,17-/m0/s1. The van der Waals surface area contributed by atoms with Crippen molar-refractivity contribution in [2.75, 3.05) is 12.4 Å². The summed E-state index contributed by atoms with van der Waals surface area (Å²) in [7, 11) is 0. The van der Waals surface area contributed by atoms with E-state index in [0.717, 1.165) is 25.6 Å². The summed E-state index contributed by atoms with van der Waals surface area (Å²) in [6.45, 7) is 4.43. The van der Waals surface area contributed by atoms with E-state index in [1.807, 2.05) is 0 Å². The SMILES string of the molecule is CC(=O)NC1[C@H](SCCC(=O)O)OC(COC(C)=O)[C@H](OC(C)=O)[C@H]1OC(C)=O. The van der Waals surface area contributed by atoms with E-state index in [1.165, 1.54) is 13.8 Å². The number of hydrogen-bond acceptors (Lipinski definition) is 10.